The third kappa shape index (κ3) is 4.77. The van der Waals surface area contributed by atoms with E-state index in [0.717, 1.165) is 16.7 Å². The predicted molar refractivity (Wildman–Crippen MR) is 156 cm³/mol. The van der Waals surface area contributed by atoms with E-state index in [4.69, 9.17) is 19.2 Å². The van der Waals surface area contributed by atoms with Crippen LogP contribution in [0, 0.1) is 0 Å². The minimum absolute atomic E-state index is 0.130. The van der Waals surface area contributed by atoms with Crippen LogP contribution >= 0.6 is 0 Å². The maximum atomic E-state index is 13.3. The lowest BCUT2D eigenvalue weighted by molar-refractivity contribution is -0.0432. The van der Waals surface area contributed by atoms with E-state index in [2.05, 4.69) is 15.3 Å². The minimum atomic E-state index is -1.02. The highest BCUT2D eigenvalue weighted by atomic mass is 16.5. The number of fused-ring (bicyclic) bond motifs is 1. The van der Waals surface area contributed by atoms with Crippen LogP contribution in [-0.4, -0.2) is 62.8 Å². The van der Waals surface area contributed by atoms with Crippen LogP contribution in [0.2, 0.25) is 0 Å². The number of aromatic amines is 1. The van der Waals surface area contributed by atoms with Gasteiger partial charge in [-0.15, -0.1) is 0 Å². The number of ether oxygens (including phenoxy) is 3. The number of hydrogen-bond donors (Lipinski definition) is 4. The SMILES string of the molecule is COc1ccc(C(Nc2nc3c(ncn3[C@H]3C[C@H](O)[C@@H](CO)O3)c(=O)[nH]2)(c2ccccc2)c2ccc(OC)cc2)cc1. The van der Waals surface area contributed by atoms with Gasteiger partial charge >= 0.3 is 0 Å². The van der Waals surface area contributed by atoms with E-state index >= 15 is 0 Å². The molecule has 1 aliphatic heterocycles. The van der Waals surface area contributed by atoms with Crippen molar-refractivity contribution in [3.8, 4) is 11.5 Å². The second kappa shape index (κ2) is 11.3. The van der Waals surface area contributed by atoms with Crippen molar-refractivity contribution in [2.75, 3.05) is 26.1 Å². The molecule has 11 nitrogen and oxygen atoms in total. The first-order chi connectivity index (χ1) is 20.5. The summed E-state index contributed by atoms with van der Waals surface area (Å²) in [5.74, 6) is 1.60. The molecule has 0 unspecified atom stereocenters. The summed E-state index contributed by atoms with van der Waals surface area (Å²) in [4.78, 5) is 25.2. The van der Waals surface area contributed by atoms with Gasteiger partial charge in [0.05, 0.1) is 33.3 Å². The highest BCUT2D eigenvalue weighted by Crippen LogP contribution is 2.41. The number of hydrogen-bond acceptors (Lipinski definition) is 9. The van der Waals surface area contributed by atoms with Crippen LogP contribution in [0.15, 0.2) is 90.0 Å². The molecule has 1 saturated heterocycles. The number of nitrogens with one attached hydrogen (secondary N) is 2. The Bertz CT molecular complexity index is 1670. The third-order valence-electron chi connectivity index (χ3n) is 7.69. The van der Waals surface area contributed by atoms with E-state index in [1.165, 1.54) is 6.33 Å². The molecule has 3 atom stereocenters. The van der Waals surface area contributed by atoms with Gasteiger partial charge in [-0.25, -0.2) is 4.98 Å². The molecule has 0 saturated carbocycles. The van der Waals surface area contributed by atoms with Gasteiger partial charge in [-0.3, -0.25) is 14.3 Å². The maximum Gasteiger partial charge on any atom is 0.280 e. The minimum Gasteiger partial charge on any atom is -0.497 e. The summed E-state index contributed by atoms with van der Waals surface area (Å²) in [5.41, 5.74) is 1.58. The summed E-state index contributed by atoms with van der Waals surface area (Å²) >= 11 is 0. The number of H-pyrrole nitrogens is 1. The summed E-state index contributed by atoms with van der Waals surface area (Å²) in [6.45, 7) is -0.325. The van der Waals surface area contributed by atoms with Crippen molar-refractivity contribution in [2.24, 2.45) is 0 Å². The van der Waals surface area contributed by atoms with Gasteiger partial charge in [0.2, 0.25) is 5.95 Å². The van der Waals surface area contributed by atoms with E-state index in [1.807, 2.05) is 78.9 Å². The molecule has 4 N–H and O–H groups in total. The number of rotatable bonds is 9. The summed E-state index contributed by atoms with van der Waals surface area (Å²) in [7, 11) is 3.23. The predicted octanol–water partition coefficient (Wildman–Crippen LogP) is 3.18. The van der Waals surface area contributed by atoms with Gasteiger partial charge in [-0.05, 0) is 41.0 Å². The van der Waals surface area contributed by atoms with E-state index < -0.39 is 29.5 Å². The second-order valence-corrected chi connectivity index (χ2v) is 10.1. The zero-order chi connectivity index (χ0) is 29.3. The normalized spacial score (nSPS) is 18.7. The van der Waals surface area contributed by atoms with Gasteiger partial charge in [0.1, 0.15) is 29.4 Å². The fraction of sp³-hybridized carbons (Fsp3) is 0.258. The van der Waals surface area contributed by atoms with Gasteiger partial charge in [-0.1, -0.05) is 54.6 Å². The molecule has 0 aliphatic carbocycles. The van der Waals surface area contributed by atoms with Crippen molar-refractivity contribution in [1.29, 1.82) is 0 Å². The zero-order valence-electron chi connectivity index (χ0n) is 23.1. The van der Waals surface area contributed by atoms with Gasteiger partial charge in [0.25, 0.3) is 5.56 Å². The van der Waals surface area contributed by atoms with Crippen LogP contribution in [0.3, 0.4) is 0 Å². The molecular formula is C31H31N5O6. The Hall–Kier alpha value is -4.71. The molecule has 1 aliphatic rings. The van der Waals surface area contributed by atoms with Crippen LogP contribution in [0.25, 0.3) is 11.2 Å². The van der Waals surface area contributed by atoms with Gasteiger partial charge in [0, 0.05) is 6.42 Å². The second-order valence-electron chi connectivity index (χ2n) is 10.1. The lowest BCUT2D eigenvalue weighted by Crippen LogP contribution is -2.39. The van der Waals surface area contributed by atoms with Crippen molar-refractivity contribution >= 4 is 17.1 Å². The molecule has 216 valence electrons. The van der Waals surface area contributed by atoms with Crippen molar-refractivity contribution in [3.63, 3.8) is 0 Å². The quantitative estimate of drug-likeness (QED) is 0.197. The highest BCUT2D eigenvalue weighted by Gasteiger charge is 2.38. The smallest absolute Gasteiger partial charge is 0.280 e. The Balaban J connectivity index is 1.54. The van der Waals surface area contributed by atoms with Crippen molar-refractivity contribution in [1.82, 2.24) is 19.5 Å². The molecule has 42 heavy (non-hydrogen) atoms. The number of aliphatic hydroxyl groups excluding tert-OH is 2. The summed E-state index contributed by atoms with van der Waals surface area (Å²) < 4.78 is 18.3. The largest absolute Gasteiger partial charge is 0.497 e. The topological polar surface area (TPSA) is 144 Å². The average Bonchev–Trinajstić information content (AvgIpc) is 3.63. The average molecular weight is 570 g/mol. The first-order valence-electron chi connectivity index (χ1n) is 13.5. The van der Waals surface area contributed by atoms with E-state index in [9.17, 15) is 15.0 Å². The first-order valence-corrected chi connectivity index (χ1v) is 13.5. The van der Waals surface area contributed by atoms with Crippen molar-refractivity contribution < 1.29 is 24.4 Å². The van der Waals surface area contributed by atoms with Crippen LogP contribution < -0.4 is 20.3 Å². The lowest BCUT2D eigenvalue weighted by Gasteiger charge is -2.37. The monoisotopic (exact) mass is 569 g/mol. The number of anilines is 1. The van der Waals surface area contributed by atoms with Crippen LogP contribution in [-0.2, 0) is 10.3 Å². The Labute approximate surface area is 241 Å². The molecule has 0 spiro atoms. The highest BCUT2D eigenvalue weighted by molar-refractivity contribution is 5.71. The molecular weight excluding hydrogens is 538 g/mol. The molecule has 0 radical (unpaired) electrons. The lowest BCUT2D eigenvalue weighted by atomic mass is 9.77. The van der Waals surface area contributed by atoms with E-state index in [0.29, 0.717) is 11.5 Å². The van der Waals surface area contributed by atoms with E-state index in [-0.39, 0.29) is 30.1 Å². The number of aliphatic hydroxyl groups is 2. The number of methoxy groups -OCH3 is 2. The summed E-state index contributed by atoms with van der Waals surface area (Å²) in [6.07, 6.45) is -0.549. The standard InChI is InChI=1S/C31H31N5O6/c1-40-22-12-8-20(9-13-22)31(19-6-4-3-5-7-19,21-10-14-23(41-2)15-11-21)35-30-33-28-27(29(39)34-30)32-18-36(28)26-16-24(38)25(17-37)42-26/h3-15,18,24-26,37-38H,16-17H2,1-2H3,(H2,33,34,35,39)/t24-,25+,26+/m0/s1. The molecule has 5 aromatic rings. The Morgan fingerprint density at radius 3 is 2.12 bits per heavy atom. The molecule has 11 heteroatoms. The number of nitrogens with zero attached hydrogens (tertiary/aromatic N) is 3. The van der Waals surface area contributed by atoms with E-state index in [1.54, 1.807) is 18.8 Å². The third-order valence-corrected chi connectivity index (χ3v) is 7.69. The number of aromatic nitrogens is 4. The Morgan fingerprint density at radius 1 is 0.976 bits per heavy atom. The zero-order valence-corrected chi connectivity index (χ0v) is 23.1. The first kappa shape index (κ1) is 27.5. The van der Waals surface area contributed by atoms with Gasteiger partial charge < -0.3 is 29.7 Å². The molecule has 0 amide bonds. The summed E-state index contributed by atoms with van der Waals surface area (Å²) in [6, 6.07) is 25.2. The number of imidazole rings is 1. The van der Waals surface area contributed by atoms with Crippen LogP contribution in [0.4, 0.5) is 5.95 Å². The van der Waals surface area contributed by atoms with Crippen LogP contribution in [0.1, 0.15) is 29.3 Å². The molecule has 1 fully saturated rings. The molecule has 0 bridgehead atoms. The Morgan fingerprint density at radius 2 is 1.57 bits per heavy atom. The van der Waals surface area contributed by atoms with Crippen molar-refractivity contribution in [2.45, 2.75) is 30.4 Å². The van der Waals surface area contributed by atoms with Gasteiger partial charge in [0.15, 0.2) is 11.2 Å². The van der Waals surface area contributed by atoms with Crippen LogP contribution in [0.5, 0.6) is 11.5 Å². The fourth-order valence-electron chi connectivity index (χ4n) is 5.51. The molecule has 6 rings (SSSR count). The molecule has 2 aromatic heterocycles. The maximum absolute atomic E-state index is 13.3. The Kier molecular flexibility index (Phi) is 7.38. The fourth-order valence-corrected chi connectivity index (χ4v) is 5.51. The molecule has 3 aromatic carbocycles. The van der Waals surface area contributed by atoms with Gasteiger partial charge in [-0.2, -0.15) is 4.98 Å². The van der Waals surface area contributed by atoms with Crippen molar-refractivity contribution in [3.05, 3.63) is 112 Å². The molecule has 3 heterocycles. The summed E-state index contributed by atoms with van der Waals surface area (Å²) in [5, 5.41) is 23.4. The number of benzene rings is 3.